The second kappa shape index (κ2) is 8.88. The number of carboxylic acid groups (broad SMARTS) is 1. The third-order valence-electron chi connectivity index (χ3n) is 4.66. The summed E-state index contributed by atoms with van der Waals surface area (Å²) in [5.74, 6) is 0.235. The number of aromatic carboxylic acids is 1. The molecule has 0 aliphatic heterocycles. The van der Waals surface area contributed by atoms with E-state index >= 15 is 0 Å². The first kappa shape index (κ1) is 19.8. The van der Waals surface area contributed by atoms with Crippen molar-refractivity contribution in [3.8, 4) is 6.07 Å². The molecule has 0 spiro atoms. The summed E-state index contributed by atoms with van der Waals surface area (Å²) in [6.45, 7) is 0.494. The lowest BCUT2D eigenvalue weighted by molar-refractivity contribution is 0.0699. The summed E-state index contributed by atoms with van der Waals surface area (Å²) in [5.41, 5.74) is 3.29. The molecule has 0 aliphatic carbocycles. The first-order valence-electron chi connectivity index (χ1n) is 9.53. The Bertz CT molecular complexity index is 1280. The fourth-order valence-electron chi connectivity index (χ4n) is 3.19. The van der Waals surface area contributed by atoms with Gasteiger partial charge in [0.25, 0.3) is 0 Å². The van der Waals surface area contributed by atoms with E-state index in [0.717, 1.165) is 16.8 Å². The van der Waals surface area contributed by atoms with Gasteiger partial charge in [0.2, 0.25) is 0 Å². The average Bonchev–Trinajstić information content (AvgIpc) is 2.79. The van der Waals surface area contributed by atoms with Gasteiger partial charge in [0, 0.05) is 23.8 Å². The maximum Gasteiger partial charge on any atom is 0.337 e. The number of carboxylic acids is 1. The minimum absolute atomic E-state index is 0.141. The Balaban J connectivity index is 1.49. The highest BCUT2D eigenvalue weighted by atomic mass is 16.4. The number of benzene rings is 2. The summed E-state index contributed by atoms with van der Waals surface area (Å²) in [7, 11) is 0. The fraction of sp³-hybridized carbons (Fsp3) is 0.0870. The van der Waals surface area contributed by atoms with Gasteiger partial charge in [-0.2, -0.15) is 5.26 Å². The van der Waals surface area contributed by atoms with Crippen LogP contribution < -0.4 is 10.6 Å². The van der Waals surface area contributed by atoms with E-state index in [2.05, 4.69) is 31.7 Å². The van der Waals surface area contributed by atoms with Crippen LogP contribution in [0.4, 0.5) is 17.3 Å². The molecule has 0 saturated heterocycles. The van der Waals surface area contributed by atoms with Gasteiger partial charge >= 0.3 is 5.97 Å². The zero-order valence-corrected chi connectivity index (χ0v) is 16.4. The van der Waals surface area contributed by atoms with E-state index in [-0.39, 0.29) is 5.56 Å². The minimum Gasteiger partial charge on any atom is -0.478 e. The van der Waals surface area contributed by atoms with Crippen LogP contribution in [-0.2, 0) is 13.0 Å². The smallest absolute Gasteiger partial charge is 0.337 e. The summed E-state index contributed by atoms with van der Waals surface area (Å²) in [5, 5.41) is 25.3. The number of nitrogens with one attached hydrogen (secondary N) is 2. The molecule has 3 N–H and O–H groups in total. The van der Waals surface area contributed by atoms with Crippen LogP contribution in [0.1, 0.15) is 21.5 Å². The van der Waals surface area contributed by atoms with E-state index in [1.807, 2.05) is 36.4 Å². The molecule has 0 radical (unpaired) electrons. The fourth-order valence-corrected chi connectivity index (χ4v) is 3.19. The van der Waals surface area contributed by atoms with Crippen LogP contribution in [0.25, 0.3) is 10.9 Å². The number of anilines is 3. The van der Waals surface area contributed by atoms with Gasteiger partial charge in [0.15, 0.2) is 0 Å². The number of nitrogens with zero attached hydrogens (tertiary/aromatic N) is 4. The molecule has 0 atom stereocenters. The maximum absolute atomic E-state index is 11.4. The molecule has 0 aliphatic rings. The molecule has 0 bridgehead atoms. The SMILES string of the molecule is N#CCc1ccc(Nc2cccc(CNc3ncnc4c(C(=O)O)cccc34)c2)nc1. The van der Waals surface area contributed by atoms with Crippen molar-refractivity contribution in [3.63, 3.8) is 0 Å². The van der Waals surface area contributed by atoms with Gasteiger partial charge in [-0.3, -0.25) is 0 Å². The molecule has 152 valence electrons. The number of para-hydroxylation sites is 1. The van der Waals surface area contributed by atoms with Crippen molar-refractivity contribution in [1.82, 2.24) is 15.0 Å². The van der Waals surface area contributed by atoms with Crippen LogP contribution in [0.15, 0.2) is 67.1 Å². The Labute approximate surface area is 178 Å². The molecule has 0 saturated carbocycles. The molecule has 4 aromatic rings. The zero-order chi connectivity index (χ0) is 21.6. The van der Waals surface area contributed by atoms with Crippen molar-refractivity contribution in [2.75, 3.05) is 10.6 Å². The lowest BCUT2D eigenvalue weighted by Crippen LogP contribution is -2.05. The van der Waals surface area contributed by atoms with Crippen LogP contribution in [0.3, 0.4) is 0 Å². The van der Waals surface area contributed by atoms with Gasteiger partial charge in [-0.1, -0.05) is 24.3 Å². The lowest BCUT2D eigenvalue weighted by Gasteiger charge is -2.11. The van der Waals surface area contributed by atoms with Crippen molar-refractivity contribution in [1.29, 1.82) is 5.26 Å². The van der Waals surface area contributed by atoms with E-state index in [0.29, 0.717) is 35.5 Å². The molecule has 2 aromatic heterocycles. The Morgan fingerprint density at radius 1 is 1.03 bits per heavy atom. The molecular weight excluding hydrogens is 392 g/mol. The minimum atomic E-state index is -1.02. The molecule has 0 unspecified atom stereocenters. The highest BCUT2D eigenvalue weighted by molar-refractivity contribution is 6.04. The summed E-state index contributed by atoms with van der Waals surface area (Å²) in [4.78, 5) is 24.2. The van der Waals surface area contributed by atoms with Crippen LogP contribution in [-0.4, -0.2) is 26.0 Å². The van der Waals surface area contributed by atoms with Gasteiger partial charge in [-0.25, -0.2) is 19.7 Å². The Kier molecular flexibility index (Phi) is 5.67. The second-order valence-corrected chi connectivity index (χ2v) is 6.79. The van der Waals surface area contributed by atoms with Gasteiger partial charge in [-0.05, 0) is 41.5 Å². The predicted octanol–water partition coefficient (Wildman–Crippen LogP) is 4.14. The molecule has 2 heterocycles. The first-order chi connectivity index (χ1) is 15.1. The summed E-state index contributed by atoms with van der Waals surface area (Å²) in [6.07, 6.45) is 3.37. The molecule has 8 nitrogen and oxygen atoms in total. The Morgan fingerprint density at radius 3 is 2.68 bits per heavy atom. The molecule has 2 aromatic carbocycles. The van der Waals surface area contributed by atoms with Gasteiger partial charge in [0.1, 0.15) is 18.0 Å². The summed E-state index contributed by atoms with van der Waals surface area (Å²) >= 11 is 0. The number of rotatable bonds is 7. The van der Waals surface area contributed by atoms with E-state index < -0.39 is 5.97 Å². The molecular formula is C23H18N6O2. The van der Waals surface area contributed by atoms with Crippen molar-refractivity contribution in [3.05, 3.63) is 83.8 Å². The van der Waals surface area contributed by atoms with Crippen molar-refractivity contribution < 1.29 is 9.90 Å². The second-order valence-electron chi connectivity index (χ2n) is 6.79. The summed E-state index contributed by atoms with van der Waals surface area (Å²) in [6, 6.07) is 18.7. The van der Waals surface area contributed by atoms with Crippen molar-refractivity contribution in [2.24, 2.45) is 0 Å². The lowest BCUT2D eigenvalue weighted by atomic mass is 10.1. The first-order valence-corrected chi connectivity index (χ1v) is 9.53. The number of pyridine rings is 1. The van der Waals surface area contributed by atoms with E-state index in [1.54, 1.807) is 18.3 Å². The van der Waals surface area contributed by atoms with Gasteiger partial charge < -0.3 is 15.7 Å². The topological polar surface area (TPSA) is 124 Å². The van der Waals surface area contributed by atoms with E-state index in [4.69, 9.17) is 5.26 Å². The zero-order valence-electron chi connectivity index (χ0n) is 16.4. The van der Waals surface area contributed by atoms with Gasteiger partial charge in [-0.15, -0.1) is 0 Å². The maximum atomic E-state index is 11.4. The number of hydrogen-bond donors (Lipinski definition) is 3. The quantitative estimate of drug-likeness (QED) is 0.415. The molecule has 4 rings (SSSR count). The normalized spacial score (nSPS) is 10.4. The monoisotopic (exact) mass is 410 g/mol. The van der Waals surface area contributed by atoms with Crippen LogP contribution in [0.2, 0.25) is 0 Å². The Hall–Kier alpha value is -4.51. The van der Waals surface area contributed by atoms with Crippen LogP contribution in [0, 0.1) is 11.3 Å². The van der Waals surface area contributed by atoms with E-state index in [1.165, 1.54) is 12.4 Å². The van der Waals surface area contributed by atoms with Gasteiger partial charge in [0.05, 0.1) is 23.6 Å². The van der Waals surface area contributed by atoms with Crippen LogP contribution in [0.5, 0.6) is 0 Å². The number of fused-ring (bicyclic) bond motifs is 1. The standard InChI is InChI=1S/C23H18N6O2/c24-10-9-15-7-8-20(25-12-15)29-17-4-1-3-16(11-17)13-26-22-18-5-2-6-19(23(30)31)21(18)27-14-28-22/h1-8,11-12,14H,9,13H2,(H,25,29)(H,30,31)(H,26,27,28). The predicted molar refractivity (Wildman–Crippen MR) is 117 cm³/mol. The highest BCUT2D eigenvalue weighted by Gasteiger charge is 2.12. The molecule has 0 amide bonds. The largest absolute Gasteiger partial charge is 0.478 e. The number of hydrogen-bond acceptors (Lipinski definition) is 7. The van der Waals surface area contributed by atoms with Crippen molar-refractivity contribution >= 4 is 34.2 Å². The number of carbonyl (C=O) groups is 1. The molecule has 0 fully saturated rings. The highest BCUT2D eigenvalue weighted by Crippen LogP contribution is 2.23. The number of nitriles is 1. The third kappa shape index (κ3) is 4.57. The third-order valence-corrected chi connectivity index (χ3v) is 4.66. The average molecular weight is 410 g/mol. The molecule has 8 heteroatoms. The Morgan fingerprint density at radius 2 is 1.90 bits per heavy atom. The van der Waals surface area contributed by atoms with Crippen molar-refractivity contribution in [2.45, 2.75) is 13.0 Å². The summed E-state index contributed by atoms with van der Waals surface area (Å²) < 4.78 is 0. The van der Waals surface area contributed by atoms with E-state index in [9.17, 15) is 9.90 Å². The van der Waals surface area contributed by atoms with Crippen LogP contribution >= 0.6 is 0 Å². The number of aromatic nitrogens is 3. The molecule has 31 heavy (non-hydrogen) atoms.